The van der Waals surface area contributed by atoms with Crippen LogP contribution >= 0.6 is 0 Å². The van der Waals surface area contributed by atoms with Gasteiger partial charge in [0.25, 0.3) is 11.8 Å². The molecule has 1 aromatic heterocycles. The molecule has 1 aromatic carbocycles. The van der Waals surface area contributed by atoms with E-state index < -0.39 is 21.8 Å². The Morgan fingerprint density at radius 1 is 1.08 bits per heavy atom. The fraction of sp³-hybridized carbons (Fsp3) is 0.250. The van der Waals surface area contributed by atoms with Gasteiger partial charge in [-0.2, -0.15) is 0 Å². The van der Waals surface area contributed by atoms with E-state index in [1.165, 1.54) is 28.8 Å². The summed E-state index contributed by atoms with van der Waals surface area (Å²) in [5, 5.41) is 0. The highest BCUT2D eigenvalue weighted by atomic mass is 32.2. The molecule has 3 rings (SSSR count). The van der Waals surface area contributed by atoms with E-state index in [0.29, 0.717) is 35.5 Å². The zero-order valence-electron chi connectivity index (χ0n) is 13.5. The van der Waals surface area contributed by atoms with Crippen LogP contribution in [0.3, 0.4) is 0 Å². The summed E-state index contributed by atoms with van der Waals surface area (Å²) >= 11 is 0. The van der Waals surface area contributed by atoms with E-state index >= 15 is 0 Å². The summed E-state index contributed by atoms with van der Waals surface area (Å²) in [5.41, 5.74) is 5.75. The van der Waals surface area contributed by atoms with Gasteiger partial charge in [0.1, 0.15) is 5.76 Å². The lowest BCUT2D eigenvalue weighted by Crippen LogP contribution is -2.41. The highest BCUT2D eigenvalue weighted by Crippen LogP contribution is 2.24. The smallest absolute Gasteiger partial charge is 0.273 e. The summed E-state index contributed by atoms with van der Waals surface area (Å²) in [5.74, 6) is -0.415. The van der Waals surface area contributed by atoms with Crippen molar-refractivity contribution >= 4 is 27.5 Å². The average Bonchev–Trinajstić information content (AvgIpc) is 3.17. The molecule has 9 heteroatoms. The van der Waals surface area contributed by atoms with E-state index in [2.05, 4.69) is 10.9 Å². The summed E-state index contributed by atoms with van der Waals surface area (Å²) < 4.78 is 30.1. The van der Waals surface area contributed by atoms with Crippen molar-refractivity contribution in [2.24, 2.45) is 0 Å². The number of carbonyl (C=O) groups is 2. The summed E-state index contributed by atoms with van der Waals surface area (Å²) in [4.78, 5) is 24.0. The van der Waals surface area contributed by atoms with E-state index in [1.807, 2.05) is 0 Å². The van der Waals surface area contributed by atoms with Crippen molar-refractivity contribution in [3.8, 4) is 0 Å². The molecular weight excluding hydrogens is 346 g/mol. The van der Waals surface area contributed by atoms with Crippen molar-refractivity contribution in [1.82, 2.24) is 10.9 Å². The lowest BCUT2D eigenvalue weighted by Gasteiger charge is -2.17. The maximum absolute atomic E-state index is 12.1. The Bertz CT molecular complexity index is 902. The van der Waals surface area contributed by atoms with Gasteiger partial charge in [-0.1, -0.05) is 0 Å². The Kier molecular flexibility index (Phi) is 4.49. The molecule has 0 aliphatic carbocycles. The van der Waals surface area contributed by atoms with Crippen LogP contribution in [0.5, 0.6) is 0 Å². The van der Waals surface area contributed by atoms with Crippen LogP contribution in [0.1, 0.15) is 32.9 Å². The Morgan fingerprint density at radius 2 is 1.76 bits per heavy atom. The molecule has 0 spiro atoms. The second kappa shape index (κ2) is 6.60. The first-order valence-corrected chi connectivity index (χ1v) is 9.25. The number of rotatable bonds is 3. The van der Waals surface area contributed by atoms with Gasteiger partial charge in [0.05, 0.1) is 23.3 Å². The molecule has 2 heterocycles. The van der Waals surface area contributed by atoms with Gasteiger partial charge in [0, 0.05) is 12.1 Å². The fourth-order valence-electron chi connectivity index (χ4n) is 2.58. The van der Waals surface area contributed by atoms with Crippen LogP contribution in [0.15, 0.2) is 41.0 Å². The Balaban J connectivity index is 1.63. The number of furan rings is 1. The molecule has 1 aliphatic rings. The highest BCUT2D eigenvalue weighted by Gasteiger charge is 2.28. The number of nitrogens with one attached hydrogen (secondary N) is 2. The maximum Gasteiger partial charge on any atom is 0.273 e. The number of aryl methyl sites for hydroxylation is 1. The first kappa shape index (κ1) is 17.0. The molecule has 0 saturated carbocycles. The predicted molar refractivity (Wildman–Crippen MR) is 90.6 cm³/mol. The maximum atomic E-state index is 12.1. The van der Waals surface area contributed by atoms with Crippen molar-refractivity contribution < 1.29 is 22.4 Å². The van der Waals surface area contributed by atoms with Gasteiger partial charge in [0.15, 0.2) is 0 Å². The average molecular weight is 363 g/mol. The second-order valence-corrected chi connectivity index (χ2v) is 7.60. The SMILES string of the molecule is Cc1occc1C(=O)NNC(=O)c1ccc(N2CCCS2(=O)=O)cc1. The van der Waals surface area contributed by atoms with Crippen molar-refractivity contribution in [1.29, 1.82) is 0 Å². The van der Waals surface area contributed by atoms with Gasteiger partial charge in [-0.05, 0) is 43.7 Å². The third-order valence-electron chi connectivity index (χ3n) is 3.91. The molecule has 0 radical (unpaired) electrons. The Morgan fingerprint density at radius 3 is 2.32 bits per heavy atom. The van der Waals surface area contributed by atoms with Crippen LogP contribution in [0, 0.1) is 6.92 Å². The molecule has 25 heavy (non-hydrogen) atoms. The number of anilines is 1. The predicted octanol–water partition coefficient (Wildman–Crippen LogP) is 1.20. The number of benzene rings is 1. The van der Waals surface area contributed by atoms with E-state index in [-0.39, 0.29) is 5.75 Å². The van der Waals surface area contributed by atoms with Gasteiger partial charge < -0.3 is 4.42 Å². The van der Waals surface area contributed by atoms with Gasteiger partial charge >= 0.3 is 0 Å². The first-order chi connectivity index (χ1) is 11.9. The number of hydrogen-bond acceptors (Lipinski definition) is 5. The molecule has 1 fully saturated rings. The third-order valence-corrected chi connectivity index (χ3v) is 5.78. The van der Waals surface area contributed by atoms with Crippen LogP contribution < -0.4 is 15.2 Å². The normalized spacial score (nSPS) is 15.8. The molecule has 2 amide bonds. The topological polar surface area (TPSA) is 109 Å². The number of sulfonamides is 1. The molecular formula is C16H17N3O5S. The Labute approximate surface area is 144 Å². The minimum atomic E-state index is -3.26. The number of carbonyl (C=O) groups excluding carboxylic acids is 2. The number of hydrogen-bond donors (Lipinski definition) is 2. The second-order valence-electron chi connectivity index (χ2n) is 5.59. The summed E-state index contributed by atoms with van der Waals surface area (Å²) in [6.07, 6.45) is 1.97. The Hall–Kier alpha value is -2.81. The molecule has 132 valence electrons. The van der Waals surface area contributed by atoms with Crippen LogP contribution in [-0.4, -0.2) is 32.5 Å². The van der Waals surface area contributed by atoms with E-state index in [1.54, 1.807) is 19.1 Å². The van der Waals surface area contributed by atoms with Crippen molar-refractivity contribution in [3.63, 3.8) is 0 Å². The summed E-state index contributed by atoms with van der Waals surface area (Å²) in [6.45, 7) is 2.08. The molecule has 0 atom stereocenters. The van der Waals surface area contributed by atoms with Crippen molar-refractivity contribution in [2.75, 3.05) is 16.6 Å². The quantitative estimate of drug-likeness (QED) is 0.797. The van der Waals surface area contributed by atoms with Crippen LogP contribution in [0.2, 0.25) is 0 Å². The fourth-order valence-corrected chi connectivity index (χ4v) is 4.15. The first-order valence-electron chi connectivity index (χ1n) is 7.64. The van der Waals surface area contributed by atoms with E-state index in [4.69, 9.17) is 4.42 Å². The lowest BCUT2D eigenvalue weighted by molar-refractivity contribution is 0.0845. The lowest BCUT2D eigenvalue weighted by atomic mass is 10.2. The third kappa shape index (κ3) is 3.50. The van der Waals surface area contributed by atoms with Gasteiger partial charge in [-0.25, -0.2) is 8.42 Å². The number of hydrazine groups is 1. The zero-order valence-corrected chi connectivity index (χ0v) is 14.3. The molecule has 1 aliphatic heterocycles. The minimum Gasteiger partial charge on any atom is -0.469 e. The molecule has 0 bridgehead atoms. The van der Waals surface area contributed by atoms with Gasteiger partial charge in [-0.3, -0.25) is 24.7 Å². The summed E-state index contributed by atoms with van der Waals surface area (Å²) in [6, 6.07) is 7.66. The zero-order chi connectivity index (χ0) is 18.0. The van der Waals surface area contributed by atoms with Gasteiger partial charge in [0.2, 0.25) is 10.0 Å². The van der Waals surface area contributed by atoms with Crippen LogP contribution in [-0.2, 0) is 10.0 Å². The number of amides is 2. The number of nitrogens with zero attached hydrogens (tertiary/aromatic N) is 1. The van der Waals surface area contributed by atoms with E-state index in [9.17, 15) is 18.0 Å². The van der Waals surface area contributed by atoms with Crippen LogP contribution in [0.25, 0.3) is 0 Å². The molecule has 8 nitrogen and oxygen atoms in total. The largest absolute Gasteiger partial charge is 0.469 e. The standard InChI is InChI=1S/C16H17N3O5S/c1-11-14(7-9-24-11)16(21)18-17-15(20)12-3-5-13(6-4-12)19-8-2-10-25(19,22)23/h3-7,9H,2,8,10H2,1H3,(H,17,20)(H,18,21). The molecule has 0 unspecified atom stereocenters. The minimum absolute atomic E-state index is 0.134. The molecule has 2 N–H and O–H groups in total. The highest BCUT2D eigenvalue weighted by molar-refractivity contribution is 7.93. The summed E-state index contributed by atoms with van der Waals surface area (Å²) in [7, 11) is -3.26. The molecule has 2 aromatic rings. The van der Waals surface area contributed by atoms with Crippen molar-refractivity contribution in [2.45, 2.75) is 13.3 Å². The van der Waals surface area contributed by atoms with Crippen molar-refractivity contribution in [3.05, 3.63) is 53.5 Å². The van der Waals surface area contributed by atoms with Gasteiger partial charge in [-0.15, -0.1) is 0 Å². The van der Waals surface area contributed by atoms with Crippen LogP contribution in [0.4, 0.5) is 5.69 Å². The monoisotopic (exact) mass is 363 g/mol. The molecule has 1 saturated heterocycles. The van der Waals surface area contributed by atoms with E-state index in [0.717, 1.165) is 0 Å².